The van der Waals surface area contributed by atoms with Gasteiger partial charge in [0.1, 0.15) is 5.82 Å². The number of aliphatic hydroxyl groups is 2. The molecular formula is C22H21F3N6O4. The van der Waals surface area contributed by atoms with Gasteiger partial charge in [0.05, 0.1) is 23.4 Å². The van der Waals surface area contributed by atoms with Gasteiger partial charge in [0, 0.05) is 25.5 Å². The van der Waals surface area contributed by atoms with Gasteiger partial charge in [-0.05, 0) is 42.7 Å². The third-order valence-electron chi connectivity index (χ3n) is 5.35. The highest BCUT2D eigenvalue weighted by atomic mass is 19.4. The summed E-state index contributed by atoms with van der Waals surface area (Å²) in [7, 11) is 0. The minimum atomic E-state index is -4.50. The number of anilines is 1. The molecule has 3 aromatic heterocycles. The van der Waals surface area contributed by atoms with Crippen LogP contribution in [0.5, 0.6) is 0 Å². The van der Waals surface area contributed by atoms with E-state index in [9.17, 15) is 23.1 Å². The van der Waals surface area contributed by atoms with Crippen LogP contribution in [0.3, 0.4) is 0 Å². The third kappa shape index (κ3) is 5.46. The number of aromatic nitrogens is 4. The van der Waals surface area contributed by atoms with E-state index < -0.39 is 30.5 Å². The van der Waals surface area contributed by atoms with Crippen LogP contribution in [0, 0.1) is 6.92 Å². The Bertz CT molecular complexity index is 1240. The van der Waals surface area contributed by atoms with Crippen molar-refractivity contribution in [3.8, 4) is 11.5 Å². The van der Waals surface area contributed by atoms with E-state index in [4.69, 9.17) is 9.52 Å². The summed E-state index contributed by atoms with van der Waals surface area (Å²) in [5, 5.41) is 28.7. The number of hydrogen-bond acceptors (Lipinski definition) is 8. The first-order chi connectivity index (χ1) is 16.7. The van der Waals surface area contributed by atoms with Crippen LogP contribution in [0.2, 0.25) is 0 Å². The zero-order valence-corrected chi connectivity index (χ0v) is 18.5. The summed E-state index contributed by atoms with van der Waals surface area (Å²) in [5.41, 5.74) is 2.18. The number of halogens is 3. The highest BCUT2D eigenvalue weighted by molar-refractivity contribution is 5.89. The fourth-order valence-electron chi connectivity index (χ4n) is 3.48. The molecule has 0 aliphatic carbocycles. The molecule has 0 saturated carbocycles. The molecule has 35 heavy (non-hydrogen) atoms. The van der Waals surface area contributed by atoms with E-state index >= 15 is 0 Å². The number of nitrogens with one attached hydrogen (secondary N) is 1. The molecular weight excluding hydrogens is 469 g/mol. The summed E-state index contributed by atoms with van der Waals surface area (Å²) in [4.78, 5) is 22.1. The van der Waals surface area contributed by atoms with Crippen molar-refractivity contribution < 1.29 is 32.6 Å². The van der Waals surface area contributed by atoms with Crippen molar-refractivity contribution in [3.05, 3.63) is 59.4 Å². The minimum Gasteiger partial charge on any atom is -0.418 e. The lowest BCUT2D eigenvalue weighted by Crippen LogP contribution is -2.38. The Hall–Kier alpha value is -3.84. The normalized spacial score (nSPS) is 15.0. The lowest BCUT2D eigenvalue weighted by atomic mass is 10.00. The molecule has 0 saturated heterocycles. The average molecular weight is 490 g/mol. The van der Waals surface area contributed by atoms with Crippen molar-refractivity contribution in [2.45, 2.75) is 25.6 Å². The summed E-state index contributed by atoms with van der Waals surface area (Å²) < 4.78 is 43.3. The van der Waals surface area contributed by atoms with Gasteiger partial charge in [0.15, 0.2) is 6.10 Å². The summed E-state index contributed by atoms with van der Waals surface area (Å²) in [6.45, 7) is 1.99. The number of aliphatic hydroxyl groups excluding tert-OH is 2. The number of pyridine rings is 2. The molecule has 3 N–H and O–H groups in total. The number of aryl methyl sites for hydroxylation is 1. The second-order valence-electron chi connectivity index (χ2n) is 7.82. The van der Waals surface area contributed by atoms with E-state index in [1.54, 1.807) is 12.3 Å². The SMILES string of the molecule is Cc1cc(-c2nnc([C@H](O)CO)o2)cnc1C1=CCN(C(=O)Nc2ccc(C(F)(F)F)cn2)CC1. The maximum atomic E-state index is 12.7. The Morgan fingerprint density at radius 2 is 2.06 bits per heavy atom. The van der Waals surface area contributed by atoms with Crippen LogP contribution in [0.25, 0.3) is 17.0 Å². The second kappa shape index (κ2) is 9.80. The van der Waals surface area contributed by atoms with E-state index in [0.29, 0.717) is 24.7 Å². The molecule has 0 radical (unpaired) electrons. The largest absolute Gasteiger partial charge is 0.418 e. The summed E-state index contributed by atoms with van der Waals surface area (Å²) in [6.07, 6.45) is -1.14. The Labute approximate surface area is 197 Å². The van der Waals surface area contributed by atoms with E-state index in [1.807, 2.05) is 13.0 Å². The van der Waals surface area contributed by atoms with Crippen LogP contribution in [0.4, 0.5) is 23.8 Å². The topological polar surface area (TPSA) is 138 Å². The van der Waals surface area contributed by atoms with Gasteiger partial charge in [0.25, 0.3) is 0 Å². The number of amides is 2. The summed E-state index contributed by atoms with van der Waals surface area (Å²) in [5.74, 6) is 0.0950. The Morgan fingerprint density at radius 3 is 2.66 bits per heavy atom. The predicted octanol–water partition coefficient (Wildman–Crippen LogP) is 3.20. The standard InChI is InChI=1S/C22H21F3N6O4/c1-12-8-14(19-29-30-20(35-19)16(33)11-32)9-27-18(12)13-4-6-31(7-5-13)21(34)28-17-3-2-15(10-26-17)22(23,24)25/h2-4,8-10,16,32-33H,5-7,11H2,1H3,(H,26,28,34)/t16-/m1/s1. The highest BCUT2D eigenvalue weighted by Gasteiger charge is 2.31. The molecule has 2 amide bonds. The molecule has 4 rings (SSSR count). The predicted molar refractivity (Wildman–Crippen MR) is 117 cm³/mol. The fourth-order valence-corrected chi connectivity index (χ4v) is 3.48. The molecule has 0 unspecified atom stereocenters. The van der Waals surface area contributed by atoms with Crippen molar-refractivity contribution in [1.82, 2.24) is 25.1 Å². The quantitative estimate of drug-likeness (QED) is 0.496. The van der Waals surface area contributed by atoms with Gasteiger partial charge >= 0.3 is 12.2 Å². The van der Waals surface area contributed by atoms with E-state index in [2.05, 4.69) is 25.5 Å². The average Bonchev–Trinajstić information content (AvgIpc) is 3.34. The number of rotatable bonds is 5. The highest BCUT2D eigenvalue weighted by Crippen LogP contribution is 2.30. The van der Waals surface area contributed by atoms with Crippen LogP contribution in [0.15, 0.2) is 41.1 Å². The molecule has 10 nitrogen and oxygen atoms in total. The fraction of sp³-hybridized carbons (Fsp3) is 0.318. The van der Waals surface area contributed by atoms with Crippen molar-refractivity contribution in [1.29, 1.82) is 0 Å². The Balaban J connectivity index is 1.40. The molecule has 0 spiro atoms. The van der Waals surface area contributed by atoms with Crippen LogP contribution in [0.1, 0.15) is 35.2 Å². The number of hydrogen-bond donors (Lipinski definition) is 3. The van der Waals surface area contributed by atoms with Crippen LogP contribution in [-0.2, 0) is 6.18 Å². The molecule has 1 aliphatic rings. The molecule has 4 heterocycles. The number of urea groups is 1. The minimum absolute atomic E-state index is 0.0292. The molecule has 3 aromatic rings. The van der Waals surface area contributed by atoms with Gasteiger partial charge in [0.2, 0.25) is 11.8 Å². The number of nitrogens with zero attached hydrogens (tertiary/aromatic N) is 5. The molecule has 1 aliphatic heterocycles. The molecule has 13 heteroatoms. The van der Waals surface area contributed by atoms with Crippen molar-refractivity contribution in [2.24, 2.45) is 0 Å². The van der Waals surface area contributed by atoms with E-state index in [-0.39, 0.29) is 24.1 Å². The van der Waals surface area contributed by atoms with Crippen LogP contribution in [-0.4, -0.2) is 61.0 Å². The molecule has 1 atom stereocenters. The maximum Gasteiger partial charge on any atom is 0.417 e. The Kier molecular flexibility index (Phi) is 6.80. The first kappa shape index (κ1) is 24.3. The van der Waals surface area contributed by atoms with Crippen LogP contribution >= 0.6 is 0 Å². The van der Waals surface area contributed by atoms with Gasteiger partial charge in [-0.2, -0.15) is 13.2 Å². The lowest BCUT2D eigenvalue weighted by Gasteiger charge is -2.26. The molecule has 0 fully saturated rings. The summed E-state index contributed by atoms with van der Waals surface area (Å²) in [6, 6.07) is 3.31. The van der Waals surface area contributed by atoms with Gasteiger partial charge in [-0.25, -0.2) is 9.78 Å². The zero-order valence-electron chi connectivity index (χ0n) is 18.5. The summed E-state index contributed by atoms with van der Waals surface area (Å²) >= 11 is 0. The second-order valence-corrected chi connectivity index (χ2v) is 7.82. The number of alkyl halides is 3. The smallest absolute Gasteiger partial charge is 0.417 e. The Morgan fingerprint density at radius 1 is 1.26 bits per heavy atom. The van der Waals surface area contributed by atoms with Gasteiger partial charge in [-0.3, -0.25) is 10.3 Å². The first-order valence-electron chi connectivity index (χ1n) is 10.5. The molecule has 0 bridgehead atoms. The van der Waals surface area contributed by atoms with Crippen molar-refractivity contribution >= 4 is 17.4 Å². The van der Waals surface area contributed by atoms with E-state index in [0.717, 1.165) is 29.0 Å². The van der Waals surface area contributed by atoms with Gasteiger partial charge in [-0.1, -0.05) is 6.08 Å². The molecule has 0 aromatic carbocycles. The van der Waals surface area contributed by atoms with Crippen LogP contribution < -0.4 is 5.32 Å². The van der Waals surface area contributed by atoms with E-state index in [1.165, 1.54) is 4.90 Å². The first-order valence-corrected chi connectivity index (χ1v) is 10.5. The molecule has 184 valence electrons. The van der Waals surface area contributed by atoms with Crippen molar-refractivity contribution in [3.63, 3.8) is 0 Å². The van der Waals surface area contributed by atoms with Gasteiger partial charge < -0.3 is 19.5 Å². The monoisotopic (exact) mass is 490 g/mol. The zero-order chi connectivity index (χ0) is 25.2. The maximum absolute atomic E-state index is 12.7. The van der Waals surface area contributed by atoms with Gasteiger partial charge in [-0.15, -0.1) is 10.2 Å². The number of carbonyl (C=O) groups is 1. The lowest BCUT2D eigenvalue weighted by molar-refractivity contribution is -0.137. The third-order valence-corrected chi connectivity index (χ3v) is 5.35. The van der Waals surface area contributed by atoms with Crippen molar-refractivity contribution in [2.75, 3.05) is 25.0 Å². The number of carbonyl (C=O) groups excluding carboxylic acids is 1.